The first kappa shape index (κ1) is 23.7. The van der Waals surface area contributed by atoms with E-state index >= 15 is 0 Å². The molecular formula is C22H16F8N4. The molecule has 34 heavy (non-hydrogen) atoms. The van der Waals surface area contributed by atoms with Crippen LogP contribution in [0.4, 0.5) is 35.1 Å². The van der Waals surface area contributed by atoms with Crippen molar-refractivity contribution in [1.82, 2.24) is 15.0 Å². The van der Waals surface area contributed by atoms with E-state index in [1.807, 2.05) is 0 Å². The Bertz CT molecular complexity index is 1230. The third-order valence-corrected chi connectivity index (χ3v) is 5.31. The molecule has 0 unspecified atom stereocenters. The number of hydrazone groups is 1. The molecule has 2 heterocycles. The maximum atomic E-state index is 14.0. The first-order chi connectivity index (χ1) is 15.9. The van der Waals surface area contributed by atoms with Crippen LogP contribution in [-0.4, -0.2) is 27.7 Å². The van der Waals surface area contributed by atoms with Crippen LogP contribution < -0.4 is 0 Å². The molecule has 0 spiro atoms. The SMILES string of the molecule is Fc1cccc(-c2nc3c([nH]2)CN(CCCc2ccc(C(F)(F)F)cc2C(F)(F)F)N=C3)c1F. The van der Waals surface area contributed by atoms with E-state index < -0.39 is 35.1 Å². The molecule has 3 aromatic rings. The summed E-state index contributed by atoms with van der Waals surface area (Å²) in [5.41, 5.74) is -2.01. The Morgan fingerprint density at radius 1 is 0.971 bits per heavy atom. The van der Waals surface area contributed by atoms with Gasteiger partial charge in [0.15, 0.2) is 11.6 Å². The fraction of sp³-hybridized carbons (Fsp3) is 0.273. The topological polar surface area (TPSA) is 44.3 Å². The molecule has 1 N–H and O–H groups in total. The Hall–Kier alpha value is -3.44. The van der Waals surface area contributed by atoms with Gasteiger partial charge in [-0.1, -0.05) is 12.1 Å². The van der Waals surface area contributed by atoms with Crippen molar-refractivity contribution in [3.8, 4) is 11.4 Å². The van der Waals surface area contributed by atoms with Crippen molar-refractivity contribution in [2.24, 2.45) is 5.10 Å². The minimum Gasteiger partial charge on any atom is -0.340 e. The zero-order valence-electron chi connectivity index (χ0n) is 17.2. The maximum absolute atomic E-state index is 14.0. The van der Waals surface area contributed by atoms with Gasteiger partial charge in [-0.15, -0.1) is 0 Å². The Labute approximate surface area is 187 Å². The van der Waals surface area contributed by atoms with Crippen molar-refractivity contribution in [1.29, 1.82) is 0 Å². The van der Waals surface area contributed by atoms with Crippen LogP contribution in [0.1, 0.15) is 34.5 Å². The molecule has 1 aromatic heterocycles. The molecule has 0 atom stereocenters. The third-order valence-electron chi connectivity index (χ3n) is 5.31. The first-order valence-corrected chi connectivity index (χ1v) is 10.0. The van der Waals surface area contributed by atoms with Crippen LogP contribution in [0.5, 0.6) is 0 Å². The summed E-state index contributed by atoms with van der Waals surface area (Å²) in [6, 6.07) is 5.28. The molecular weight excluding hydrogens is 472 g/mol. The quantitative estimate of drug-likeness (QED) is 0.437. The number of fused-ring (bicyclic) bond motifs is 1. The van der Waals surface area contributed by atoms with E-state index in [-0.39, 0.29) is 48.9 Å². The number of aromatic amines is 1. The highest BCUT2D eigenvalue weighted by Gasteiger charge is 2.38. The van der Waals surface area contributed by atoms with Gasteiger partial charge in [0.05, 0.1) is 35.1 Å². The molecule has 1 aliphatic heterocycles. The maximum Gasteiger partial charge on any atom is 0.416 e. The molecule has 0 aliphatic carbocycles. The molecule has 180 valence electrons. The number of H-pyrrole nitrogens is 1. The molecule has 4 nitrogen and oxygen atoms in total. The van der Waals surface area contributed by atoms with Crippen molar-refractivity contribution in [3.63, 3.8) is 0 Å². The average molecular weight is 488 g/mol. The molecule has 2 aromatic carbocycles. The Morgan fingerprint density at radius 2 is 1.74 bits per heavy atom. The summed E-state index contributed by atoms with van der Waals surface area (Å²) in [6.07, 6.45) is -8.35. The van der Waals surface area contributed by atoms with E-state index in [4.69, 9.17) is 0 Å². The summed E-state index contributed by atoms with van der Waals surface area (Å²) >= 11 is 0. The van der Waals surface area contributed by atoms with E-state index in [0.29, 0.717) is 17.5 Å². The Morgan fingerprint density at radius 3 is 2.44 bits per heavy atom. The number of aromatic nitrogens is 2. The van der Waals surface area contributed by atoms with Crippen molar-refractivity contribution in [2.75, 3.05) is 6.54 Å². The van der Waals surface area contributed by atoms with Crippen LogP contribution in [0.3, 0.4) is 0 Å². The summed E-state index contributed by atoms with van der Waals surface area (Å²) in [6.45, 7) is 0.395. The van der Waals surface area contributed by atoms with Crippen molar-refractivity contribution in [2.45, 2.75) is 31.7 Å². The third kappa shape index (κ3) is 4.90. The molecule has 0 fully saturated rings. The standard InChI is InChI=1S/C22H16F8N4/c23-16-5-1-4-14(19(16)24)20-32-17-10-31-34(11-18(17)33-20)8-2-3-12-6-7-13(21(25,26)27)9-15(12)22(28,29)30/h1,4-7,9-10H,2-3,8,11H2,(H,32,33). The number of hydrogen-bond acceptors (Lipinski definition) is 3. The number of halogens is 8. The minimum atomic E-state index is -4.92. The molecule has 0 amide bonds. The number of rotatable bonds is 5. The van der Waals surface area contributed by atoms with Gasteiger partial charge in [-0.05, 0) is 42.7 Å². The number of nitrogens with zero attached hydrogens (tertiary/aromatic N) is 3. The number of benzene rings is 2. The molecule has 4 rings (SSSR count). The molecule has 0 saturated carbocycles. The summed E-state index contributed by atoms with van der Waals surface area (Å²) in [5.74, 6) is -1.97. The predicted octanol–water partition coefficient (Wildman–Crippen LogP) is 6.17. The Kier molecular flexibility index (Phi) is 6.09. The van der Waals surface area contributed by atoms with Crippen molar-refractivity contribution in [3.05, 3.63) is 76.1 Å². The van der Waals surface area contributed by atoms with Gasteiger partial charge in [0.25, 0.3) is 0 Å². The first-order valence-electron chi connectivity index (χ1n) is 10.0. The van der Waals surface area contributed by atoms with Crippen LogP contribution in [0.2, 0.25) is 0 Å². The van der Waals surface area contributed by atoms with Crippen molar-refractivity contribution >= 4 is 6.21 Å². The van der Waals surface area contributed by atoms with Gasteiger partial charge >= 0.3 is 12.4 Å². The largest absolute Gasteiger partial charge is 0.416 e. The second-order valence-corrected chi connectivity index (χ2v) is 7.65. The van der Waals surface area contributed by atoms with Gasteiger partial charge < -0.3 is 4.98 Å². The predicted molar refractivity (Wildman–Crippen MR) is 107 cm³/mol. The number of nitrogens with one attached hydrogen (secondary N) is 1. The normalized spacial score (nSPS) is 13.9. The van der Waals surface area contributed by atoms with Gasteiger partial charge in [-0.3, -0.25) is 5.01 Å². The summed E-state index contributed by atoms with van der Waals surface area (Å²) < 4.78 is 106. The summed E-state index contributed by atoms with van der Waals surface area (Å²) in [4.78, 5) is 7.10. The highest BCUT2D eigenvalue weighted by atomic mass is 19.4. The summed E-state index contributed by atoms with van der Waals surface area (Å²) in [5, 5.41) is 5.68. The van der Waals surface area contributed by atoms with Crippen LogP contribution in [-0.2, 0) is 25.3 Å². The fourth-order valence-corrected chi connectivity index (χ4v) is 3.65. The lowest BCUT2D eigenvalue weighted by atomic mass is 9.99. The van der Waals surface area contributed by atoms with Gasteiger partial charge in [-0.2, -0.15) is 31.4 Å². The smallest absolute Gasteiger partial charge is 0.340 e. The van der Waals surface area contributed by atoms with E-state index in [1.54, 1.807) is 0 Å². The Balaban J connectivity index is 1.43. The van der Waals surface area contributed by atoms with E-state index in [9.17, 15) is 35.1 Å². The summed E-state index contributed by atoms with van der Waals surface area (Å²) in [7, 11) is 0. The lowest BCUT2D eigenvalue weighted by molar-refractivity contribution is -0.143. The zero-order valence-corrected chi connectivity index (χ0v) is 17.2. The van der Waals surface area contributed by atoms with Crippen molar-refractivity contribution < 1.29 is 35.1 Å². The highest BCUT2D eigenvalue weighted by Crippen LogP contribution is 2.37. The van der Waals surface area contributed by atoms with Gasteiger partial charge in [0.2, 0.25) is 0 Å². The van der Waals surface area contributed by atoms with E-state index in [1.165, 1.54) is 23.4 Å². The number of hydrogen-bond donors (Lipinski definition) is 1. The molecule has 1 aliphatic rings. The fourth-order valence-electron chi connectivity index (χ4n) is 3.65. The van der Waals surface area contributed by atoms with Crippen LogP contribution >= 0.6 is 0 Å². The van der Waals surface area contributed by atoms with Gasteiger partial charge in [0.1, 0.15) is 11.5 Å². The molecule has 0 bridgehead atoms. The molecule has 0 radical (unpaired) electrons. The highest BCUT2D eigenvalue weighted by molar-refractivity contribution is 5.80. The lowest BCUT2D eigenvalue weighted by Gasteiger charge is -2.22. The second kappa shape index (κ2) is 8.73. The monoisotopic (exact) mass is 488 g/mol. The van der Waals surface area contributed by atoms with Gasteiger partial charge in [-0.25, -0.2) is 13.8 Å². The number of alkyl halides is 6. The zero-order chi connectivity index (χ0) is 24.7. The molecule has 0 saturated heterocycles. The van der Waals surface area contributed by atoms with Crippen LogP contribution in [0.15, 0.2) is 41.5 Å². The van der Waals surface area contributed by atoms with Gasteiger partial charge in [0, 0.05) is 6.54 Å². The van der Waals surface area contributed by atoms with Crippen LogP contribution in [0, 0.1) is 11.6 Å². The number of aryl methyl sites for hydroxylation is 1. The average Bonchev–Trinajstić information content (AvgIpc) is 3.17. The minimum absolute atomic E-state index is 0.0590. The molecule has 12 heteroatoms. The number of imidazole rings is 1. The van der Waals surface area contributed by atoms with E-state index in [2.05, 4.69) is 15.1 Å². The second-order valence-electron chi connectivity index (χ2n) is 7.65. The van der Waals surface area contributed by atoms with E-state index in [0.717, 1.165) is 12.1 Å². The lowest BCUT2D eigenvalue weighted by Crippen LogP contribution is -2.23. The van der Waals surface area contributed by atoms with Crippen LogP contribution in [0.25, 0.3) is 11.4 Å².